The third-order valence-electron chi connectivity index (χ3n) is 3.00. The average Bonchev–Trinajstić information content (AvgIpc) is 2.65. The largest absolute Gasteiger partial charge is 0.479 e. The molecule has 0 aliphatic heterocycles. The van der Waals surface area contributed by atoms with Crippen molar-refractivity contribution in [1.29, 1.82) is 0 Å². The third kappa shape index (κ3) is 6.61. The number of methoxy groups -OCH3 is 1. The first-order valence-electron chi connectivity index (χ1n) is 7.54. The third-order valence-corrected chi connectivity index (χ3v) is 3.84. The Hall–Kier alpha value is -2.52. The van der Waals surface area contributed by atoms with Gasteiger partial charge in [-0.2, -0.15) is 0 Å². The maximum Gasteiger partial charge on any atom is 0.359 e. The Bertz CT molecular complexity index is 805. The summed E-state index contributed by atoms with van der Waals surface area (Å²) < 4.78 is 33.7. The van der Waals surface area contributed by atoms with Gasteiger partial charge in [0, 0.05) is 6.20 Å². The molecule has 1 unspecified atom stereocenters. The maximum atomic E-state index is 13.7. The van der Waals surface area contributed by atoms with Gasteiger partial charge in [-0.3, -0.25) is 4.79 Å². The first-order valence-corrected chi connectivity index (χ1v) is 8.83. The van der Waals surface area contributed by atoms with Gasteiger partial charge in [0.05, 0.1) is 24.2 Å². The zero-order valence-corrected chi connectivity index (χ0v) is 15.9. The Morgan fingerprint density at radius 1 is 1.26 bits per heavy atom. The Kier molecular flexibility index (Phi) is 7.68. The smallest absolute Gasteiger partial charge is 0.359 e. The number of carbonyl (C=O) groups excluding carboxylic acids is 2. The molecule has 0 N–H and O–H groups in total. The Morgan fingerprint density at radius 2 is 1.93 bits per heavy atom. The molecule has 10 heteroatoms. The van der Waals surface area contributed by atoms with Crippen molar-refractivity contribution in [2.45, 2.75) is 13.0 Å². The highest BCUT2D eigenvalue weighted by Gasteiger charge is 2.18. The number of aromatic nitrogens is 1. The number of benzene rings is 1. The summed E-state index contributed by atoms with van der Waals surface area (Å²) in [5, 5.41) is 0.161. The van der Waals surface area contributed by atoms with Crippen LogP contribution in [0.1, 0.15) is 6.92 Å². The highest BCUT2D eigenvalue weighted by Crippen LogP contribution is 2.26. The van der Waals surface area contributed by atoms with Gasteiger partial charge in [0.15, 0.2) is 11.9 Å². The molecule has 0 amide bonds. The van der Waals surface area contributed by atoms with E-state index in [0.717, 1.165) is 6.07 Å². The van der Waals surface area contributed by atoms with Crippen molar-refractivity contribution in [2.75, 3.05) is 12.9 Å². The molecule has 144 valence electrons. The second kappa shape index (κ2) is 9.98. The van der Waals surface area contributed by atoms with E-state index in [0.29, 0.717) is 23.5 Å². The van der Waals surface area contributed by atoms with Crippen LogP contribution in [-0.4, -0.2) is 35.9 Å². The second-order valence-corrected chi connectivity index (χ2v) is 6.14. The molecule has 7 nitrogen and oxygen atoms in total. The minimum atomic E-state index is -0.905. The zero-order valence-electron chi connectivity index (χ0n) is 14.3. The van der Waals surface area contributed by atoms with E-state index in [1.807, 2.05) is 0 Å². The fourth-order valence-electron chi connectivity index (χ4n) is 1.69. The lowest BCUT2D eigenvalue weighted by molar-refractivity contribution is -0.140. The summed E-state index contributed by atoms with van der Waals surface area (Å²) in [5.74, 6) is -1.50. The van der Waals surface area contributed by atoms with Gasteiger partial charge >= 0.3 is 11.9 Å². The van der Waals surface area contributed by atoms with Gasteiger partial charge in [-0.05, 0) is 37.3 Å². The summed E-state index contributed by atoms with van der Waals surface area (Å²) in [4.78, 5) is 26.5. The van der Waals surface area contributed by atoms with E-state index in [2.05, 4.69) is 9.72 Å². The molecule has 27 heavy (non-hydrogen) atoms. The first-order chi connectivity index (χ1) is 12.9. The monoisotopic (exact) mass is 415 g/mol. The summed E-state index contributed by atoms with van der Waals surface area (Å²) in [6.45, 7) is 1.50. The topological polar surface area (TPSA) is 84.0 Å². The summed E-state index contributed by atoms with van der Waals surface area (Å²) >= 11 is 6.30. The molecule has 1 aromatic carbocycles. The van der Waals surface area contributed by atoms with Gasteiger partial charge in [0.1, 0.15) is 17.3 Å². The minimum absolute atomic E-state index is 0.115. The predicted molar refractivity (Wildman–Crippen MR) is 96.4 cm³/mol. The fourth-order valence-corrected chi connectivity index (χ4v) is 2.36. The van der Waals surface area contributed by atoms with Crippen molar-refractivity contribution in [3.05, 3.63) is 47.4 Å². The molecule has 0 aliphatic carbocycles. The number of hydrogen-bond donors (Lipinski definition) is 0. The van der Waals surface area contributed by atoms with Crippen molar-refractivity contribution >= 4 is 35.6 Å². The molecule has 1 atom stereocenters. The average molecular weight is 416 g/mol. The normalized spacial score (nSPS) is 11.4. The van der Waals surface area contributed by atoms with Gasteiger partial charge in [-0.25, -0.2) is 14.2 Å². The van der Waals surface area contributed by atoms with E-state index >= 15 is 0 Å². The van der Waals surface area contributed by atoms with E-state index in [4.69, 9.17) is 25.3 Å². The van der Waals surface area contributed by atoms with Crippen LogP contribution in [0.25, 0.3) is 0 Å². The number of halogens is 2. The SMILES string of the molecule is COC(=O)CSOC(=O)C(C)Oc1ccc(Oc2ncc(Cl)cc2F)cc1. The number of ether oxygens (including phenoxy) is 3. The van der Waals surface area contributed by atoms with Crippen molar-refractivity contribution in [1.82, 2.24) is 4.98 Å². The second-order valence-electron chi connectivity index (χ2n) is 5.01. The summed E-state index contributed by atoms with van der Waals surface area (Å²) in [5.41, 5.74) is 0. The molecule has 1 heterocycles. The molecule has 0 saturated carbocycles. The Morgan fingerprint density at radius 3 is 2.56 bits per heavy atom. The summed E-state index contributed by atoms with van der Waals surface area (Å²) in [7, 11) is 1.24. The molecule has 0 radical (unpaired) electrons. The van der Waals surface area contributed by atoms with E-state index in [1.54, 1.807) is 0 Å². The van der Waals surface area contributed by atoms with Crippen LogP contribution in [0.2, 0.25) is 5.02 Å². The van der Waals surface area contributed by atoms with Gasteiger partial charge in [-0.1, -0.05) is 11.6 Å². The van der Waals surface area contributed by atoms with Crippen LogP contribution in [-0.2, 0) is 18.5 Å². The lowest BCUT2D eigenvalue weighted by atomic mass is 10.3. The molecule has 0 fully saturated rings. The molecule has 0 spiro atoms. The number of pyridine rings is 1. The van der Waals surface area contributed by atoms with E-state index in [-0.39, 0.29) is 16.7 Å². The van der Waals surface area contributed by atoms with Gasteiger partial charge < -0.3 is 18.4 Å². The lowest BCUT2D eigenvalue weighted by Crippen LogP contribution is -2.24. The van der Waals surface area contributed by atoms with Gasteiger partial charge in [-0.15, -0.1) is 0 Å². The van der Waals surface area contributed by atoms with Crippen LogP contribution >= 0.6 is 23.6 Å². The first kappa shape index (κ1) is 20.8. The maximum absolute atomic E-state index is 13.7. The van der Waals surface area contributed by atoms with Crippen molar-refractivity contribution in [3.63, 3.8) is 0 Å². The van der Waals surface area contributed by atoms with Crippen LogP contribution in [0.5, 0.6) is 17.4 Å². The number of nitrogens with zero attached hydrogens (tertiary/aromatic N) is 1. The molecule has 0 saturated heterocycles. The molecule has 2 aromatic rings. The number of hydrogen-bond acceptors (Lipinski definition) is 8. The number of rotatable bonds is 8. The molecule has 1 aromatic heterocycles. The Balaban J connectivity index is 1.87. The molecule has 0 bridgehead atoms. The molecule has 0 aliphatic rings. The summed E-state index contributed by atoms with van der Waals surface area (Å²) in [6, 6.07) is 7.21. The predicted octanol–water partition coefficient (Wildman–Crippen LogP) is 3.80. The van der Waals surface area contributed by atoms with Gasteiger partial charge in [0.2, 0.25) is 0 Å². The van der Waals surface area contributed by atoms with E-state index in [9.17, 15) is 14.0 Å². The van der Waals surface area contributed by atoms with E-state index < -0.39 is 23.9 Å². The van der Waals surface area contributed by atoms with Crippen LogP contribution in [0.3, 0.4) is 0 Å². The minimum Gasteiger partial charge on any atom is -0.479 e. The van der Waals surface area contributed by atoms with E-state index in [1.165, 1.54) is 44.5 Å². The van der Waals surface area contributed by atoms with Gasteiger partial charge in [0.25, 0.3) is 5.88 Å². The highest BCUT2D eigenvalue weighted by atomic mass is 35.5. The molecular formula is C17H15ClFNO6S. The number of carbonyl (C=O) groups is 2. The van der Waals surface area contributed by atoms with Crippen molar-refractivity contribution in [3.8, 4) is 17.4 Å². The van der Waals surface area contributed by atoms with Crippen LogP contribution in [0.15, 0.2) is 36.5 Å². The fraction of sp³-hybridized carbons (Fsp3) is 0.235. The number of esters is 1. The lowest BCUT2D eigenvalue weighted by Gasteiger charge is -2.13. The van der Waals surface area contributed by atoms with Crippen LogP contribution in [0.4, 0.5) is 4.39 Å². The van der Waals surface area contributed by atoms with Crippen LogP contribution in [0, 0.1) is 5.82 Å². The standard InChI is InChI=1S/C17H15ClFNO6S/c1-10(17(22)26-27-9-15(21)23-2)24-12-3-5-13(6-4-12)25-16-14(19)7-11(18)8-20-16/h3-8,10H,9H2,1-2H3. The highest BCUT2D eigenvalue weighted by molar-refractivity contribution is 7.95. The Labute approximate surface area is 163 Å². The quantitative estimate of drug-likeness (QED) is 0.475. The molecular weight excluding hydrogens is 401 g/mol. The van der Waals surface area contributed by atoms with Crippen LogP contribution < -0.4 is 9.47 Å². The molecule has 2 rings (SSSR count). The summed E-state index contributed by atoms with van der Waals surface area (Å²) in [6.07, 6.45) is 0.362. The zero-order chi connectivity index (χ0) is 19.8. The van der Waals surface area contributed by atoms with Crippen molar-refractivity contribution in [2.24, 2.45) is 0 Å². The van der Waals surface area contributed by atoms with Crippen molar-refractivity contribution < 1.29 is 32.4 Å².